The maximum Gasteiger partial charge on any atom is 0.339 e. The van der Waals surface area contributed by atoms with Crippen LogP contribution in [0.1, 0.15) is 11.1 Å². The molecule has 0 radical (unpaired) electrons. The lowest BCUT2D eigenvalue weighted by molar-refractivity contribution is -0.384. The van der Waals surface area contributed by atoms with Crippen molar-refractivity contribution in [2.24, 2.45) is 10.9 Å². The number of para-hydroxylation sites is 1. The molecule has 0 aliphatic rings. The number of ether oxygens (including phenoxy) is 1. The highest BCUT2D eigenvalue weighted by Crippen LogP contribution is 2.18. The van der Waals surface area contributed by atoms with E-state index in [0.29, 0.717) is 16.9 Å². The minimum atomic E-state index is -0.573. The summed E-state index contributed by atoms with van der Waals surface area (Å²) in [7, 11) is 1.52. The van der Waals surface area contributed by atoms with Crippen LogP contribution in [0.4, 0.5) is 5.69 Å². The molecule has 130 valence electrons. The largest absolute Gasteiger partial charge is 0.496 e. The lowest BCUT2D eigenvalue weighted by atomic mass is 10.1. The molecule has 8 heteroatoms. The lowest BCUT2D eigenvalue weighted by Gasteiger charge is -2.06. The summed E-state index contributed by atoms with van der Waals surface area (Å²) in [6, 6.07) is 13.0. The Morgan fingerprint density at radius 3 is 2.48 bits per heavy atom. The van der Waals surface area contributed by atoms with Crippen LogP contribution in [-0.4, -0.2) is 23.8 Å². The van der Waals surface area contributed by atoms with E-state index in [-0.39, 0.29) is 24.4 Å². The van der Waals surface area contributed by atoms with Gasteiger partial charge in [-0.3, -0.25) is 10.1 Å². The second-order valence-electron chi connectivity index (χ2n) is 5.13. The van der Waals surface area contributed by atoms with Crippen molar-refractivity contribution in [1.82, 2.24) is 0 Å². The fourth-order valence-corrected chi connectivity index (χ4v) is 2.12. The van der Waals surface area contributed by atoms with Crippen LogP contribution in [0.25, 0.3) is 0 Å². The number of amidine groups is 1. The fourth-order valence-electron chi connectivity index (χ4n) is 2.12. The summed E-state index contributed by atoms with van der Waals surface area (Å²) in [6.07, 6.45) is 0.207. The van der Waals surface area contributed by atoms with E-state index in [0.717, 1.165) is 0 Å². The summed E-state index contributed by atoms with van der Waals surface area (Å²) < 4.78 is 5.16. The number of hydrogen-bond acceptors (Lipinski definition) is 6. The first kappa shape index (κ1) is 17.9. The molecule has 2 aromatic rings. The van der Waals surface area contributed by atoms with E-state index < -0.39 is 10.9 Å². The minimum Gasteiger partial charge on any atom is -0.496 e. The number of nitro groups is 1. The van der Waals surface area contributed by atoms with Crippen LogP contribution in [0.5, 0.6) is 5.75 Å². The Balaban J connectivity index is 1.91. The van der Waals surface area contributed by atoms with Gasteiger partial charge in [0.2, 0.25) is 0 Å². The first-order valence-corrected chi connectivity index (χ1v) is 7.37. The molecule has 0 spiro atoms. The summed E-state index contributed by atoms with van der Waals surface area (Å²) in [5, 5.41) is 14.2. The second kappa shape index (κ2) is 8.44. The molecular weight excluding hydrogens is 326 g/mol. The molecule has 25 heavy (non-hydrogen) atoms. The maximum absolute atomic E-state index is 11.8. The van der Waals surface area contributed by atoms with Crippen molar-refractivity contribution in [2.45, 2.75) is 12.8 Å². The molecule has 0 saturated heterocycles. The van der Waals surface area contributed by atoms with Crippen molar-refractivity contribution in [3.63, 3.8) is 0 Å². The standard InChI is InChI=1S/C17H17N3O5/c1-24-15-5-3-2-4-13(15)11-17(21)25-19-16(18)10-12-6-8-14(9-7-12)20(22)23/h2-9H,10-11H2,1H3,(H2,18,19). The number of benzene rings is 2. The second-order valence-corrected chi connectivity index (χ2v) is 5.13. The van der Waals surface area contributed by atoms with Crippen molar-refractivity contribution in [3.05, 3.63) is 69.8 Å². The van der Waals surface area contributed by atoms with Crippen LogP contribution >= 0.6 is 0 Å². The van der Waals surface area contributed by atoms with Gasteiger partial charge in [0.1, 0.15) is 11.6 Å². The number of nitro benzene ring substituents is 1. The van der Waals surface area contributed by atoms with Gasteiger partial charge in [-0.15, -0.1) is 0 Å². The van der Waals surface area contributed by atoms with Crippen molar-refractivity contribution in [1.29, 1.82) is 0 Å². The molecule has 8 nitrogen and oxygen atoms in total. The first-order valence-electron chi connectivity index (χ1n) is 7.37. The van der Waals surface area contributed by atoms with Gasteiger partial charge in [-0.25, -0.2) is 4.79 Å². The average Bonchev–Trinajstić information content (AvgIpc) is 2.61. The molecule has 0 aliphatic heterocycles. The van der Waals surface area contributed by atoms with Gasteiger partial charge in [-0.2, -0.15) is 0 Å². The Hall–Kier alpha value is -3.42. The van der Waals surface area contributed by atoms with Crippen LogP contribution in [0.15, 0.2) is 53.7 Å². The molecule has 0 amide bonds. The first-order chi connectivity index (χ1) is 12.0. The van der Waals surface area contributed by atoms with Crippen LogP contribution in [0.3, 0.4) is 0 Å². The highest BCUT2D eigenvalue weighted by Gasteiger charge is 2.10. The highest BCUT2D eigenvalue weighted by atomic mass is 16.7. The normalized spacial score (nSPS) is 11.0. The predicted octanol–water partition coefficient (Wildman–Crippen LogP) is 2.20. The third-order valence-electron chi connectivity index (χ3n) is 3.32. The predicted molar refractivity (Wildman–Crippen MR) is 91.2 cm³/mol. The summed E-state index contributed by atoms with van der Waals surface area (Å²) in [4.78, 5) is 26.8. The third kappa shape index (κ3) is 5.31. The molecule has 0 atom stereocenters. The summed E-state index contributed by atoms with van der Waals surface area (Å²) in [5.41, 5.74) is 7.10. The maximum atomic E-state index is 11.8. The summed E-state index contributed by atoms with van der Waals surface area (Å²) in [5.74, 6) is 0.0978. The number of non-ortho nitro benzene ring substituents is 1. The Morgan fingerprint density at radius 2 is 1.84 bits per heavy atom. The Morgan fingerprint density at radius 1 is 1.16 bits per heavy atom. The number of oxime groups is 1. The molecule has 0 aliphatic carbocycles. The quantitative estimate of drug-likeness (QED) is 0.271. The Kier molecular flexibility index (Phi) is 6.05. The van der Waals surface area contributed by atoms with Crippen LogP contribution in [0.2, 0.25) is 0 Å². The van der Waals surface area contributed by atoms with Crippen LogP contribution in [0, 0.1) is 10.1 Å². The van der Waals surface area contributed by atoms with Crippen molar-refractivity contribution < 1.29 is 19.3 Å². The van der Waals surface area contributed by atoms with Crippen LogP contribution in [-0.2, 0) is 22.5 Å². The van der Waals surface area contributed by atoms with Crippen molar-refractivity contribution in [3.8, 4) is 5.75 Å². The van der Waals surface area contributed by atoms with Gasteiger partial charge >= 0.3 is 5.97 Å². The zero-order valence-corrected chi connectivity index (χ0v) is 13.5. The fraction of sp³-hybridized carbons (Fsp3) is 0.176. The van der Waals surface area contributed by atoms with E-state index in [4.69, 9.17) is 15.3 Å². The van der Waals surface area contributed by atoms with Crippen molar-refractivity contribution in [2.75, 3.05) is 7.11 Å². The van der Waals surface area contributed by atoms with Gasteiger partial charge in [0, 0.05) is 24.1 Å². The monoisotopic (exact) mass is 343 g/mol. The summed E-state index contributed by atoms with van der Waals surface area (Å²) in [6.45, 7) is 0. The molecule has 0 heterocycles. The Bertz CT molecular complexity index is 787. The number of rotatable bonds is 7. The molecule has 0 fully saturated rings. The molecule has 2 rings (SSSR count). The molecule has 2 aromatic carbocycles. The zero-order valence-electron chi connectivity index (χ0n) is 13.5. The van der Waals surface area contributed by atoms with Gasteiger partial charge in [-0.05, 0) is 11.6 Å². The molecule has 0 aromatic heterocycles. The van der Waals surface area contributed by atoms with Gasteiger partial charge in [0.15, 0.2) is 0 Å². The number of nitrogens with two attached hydrogens (primary N) is 1. The Labute approximate surface area is 144 Å². The van der Waals surface area contributed by atoms with E-state index in [9.17, 15) is 14.9 Å². The van der Waals surface area contributed by atoms with E-state index >= 15 is 0 Å². The van der Waals surface area contributed by atoms with E-state index in [1.807, 2.05) is 0 Å². The third-order valence-corrected chi connectivity index (χ3v) is 3.32. The molecule has 0 saturated carbocycles. The van der Waals surface area contributed by atoms with E-state index in [2.05, 4.69) is 5.16 Å². The highest BCUT2D eigenvalue weighted by molar-refractivity contribution is 5.83. The SMILES string of the molecule is COc1ccccc1CC(=O)O/N=C(/N)Cc1ccc([N+](=O)[O-])cc1. The zero-order chi connectivity index (χ0) is 18.2. The van der Waals surface area contributed by atoms with Crippen LogP contribution < -0.4 is 10.5 Å². The lowest BCUT2D eigenvalue weighted by Crippen LogP contribution is -2.17. The minimum absolute atomic E-state index is 0.00166. The van der Waals surface area contributed by atoms with Gasteiger partial charge < -0.3 is 15.3 Å². The number of carbonyl (C=O) groups is 1. The smallest absolute Gasteiger partial charge is 0.339 e. The van der Waals surface area contributed by atoms with Gasteiger partial charge in [0.25, 0.3) is 5.69 Å². The molecule has 0 unspecified atom stereocenters. The molecular formula is C17H17N3O5. The number of nitrogens with zero attached hydrogens (tertiary/aromatic N) is 2. The van der Waals surface area contributed by atoms with Gasteiger partial charge in [-0.1, -0.05) is 35.5 Å². The number of hydrogen-bond donors (Lipinski definition) is 1. The number of methoxy groups -OCH3 is 1. The molecule has 0 bridgehead atoms. The topological polar surface area (TPSA) is 117 Å². The average molecular weight is 343 g/mol. The van der Waals surface area contributed by atoms with Gasteiger partial charge in [0.05, 0.1) is 18.5 Å². The summed E-state index contributed by atoms with van der Waals surface area (Å²) >= 11 is 0. The number of carbonyl (C=O) groups excluding carboxylic acids is 1. The molecule has 2 N–H and O–H groups in total. The van der Waals surface area contributed by atoms with E-state index in [1.165, 1.54) is 19.2 Å². The van der Waals surface area contributed by atoms with E-state index in [1.54, 1.807) is 36.4 Å². The van der Waals surface area contributed by atoms with Crippen molar-refractivity contribution >= 4 is 17.5 Å².